The second-order valence-corrected chi connectivity index (χ2v) is 6.22. The van der Waals surface area contributed by atoms with E-state index in [0.29, 0.717) is 10.6 Å². The SMILES string of the molecule is Nc1ccc(Br)cc1S(=O)Cc1cccc(F)c1F. The molecule has 0 aliphatic heterocycles. The van der Waals surface area contributed by atoms with E-state index in [1.165, 1.54) is 12.1 Å². The zero-order valence-corrected chi connectivity index (χ0v) is 12.1. The van der Waals surface area contributed by atoms with Crippen molar-refractivity contribution < 1.29 is 13.0 Å². The van der Waals surface area contributed by atoms with Crippen molar-refractivity contribution in [1.82, 2.24) is 0 Å². The van der Waals surface area contributed by atoms with Crippen LogP contribution in [-0.2, 0) is 16.6 Å². The molecule has 0 fully saturated rings. The van der Waals surface area contributed by atoms with Crippen LogP contribution in [0.2, 0.25) is 0 Å². The number of hydrogen-bond acceptors (Lipinski definition) is 2. The van der Waals surface area contributed by atoms with Crippen molar-refractivity contribution in [3.63, 3.8) is 0 Å². The molecule has 0 spiro atoms. The van der Waals surface area contributed by atoms with Gasteiger partial charge >= 0.3 is 0 Å². The van der Waals surface area contributed by atoms with Crippen LogP contribution in [0.1, 0.15) is 5.56 Å². The standard InChI is InChI=1S/C13H10BrF2NOS/c14-9-4-5-11(17)12(6-9)19(18)7-8-2-1-3-10(15)13(8)16/h1-6H,7,17H2. The van der Waals surface area contributed by atoms with Gasteiger partial charge < -0.3 is 5.73 Å². The summed E-state index contributed by atoms with van der Waals surface area (Å²) >= 11 is 3.25. The highest BCUT2D eigenvalue weighted by Gasteiger charge is 2.14. The molecule has 19 heavy (non-hydrogen) atoms. The molecule has 0 aliphatic rings. The third kappa shape index (κ3) is 3.19. The topological polar surface area (TPSA) is 43.1 Å². The molecule has 2 aromatic rings. The minimum Gasteiger partial charge on any atom is -0.398 e. The quantitative estimate of drug-likeness (QED) is 0.863. The molecule has 2 aromatic carbocycles. The summed E-state index contributed by atoms with van der Waals surface area (Å²) in [6, 6.07) is 8.76. The molecular formula is C13H10BrF2NOS. The Morgan fingerprint density at radius 1 is 1.21 bits per heavy atom. The Morgan fingerprint density at radius 3 is 2.68 bits per heavy atom. The van der Waals surface area contributed by atoms with E-state index in [2.05, 4.69) is 15.9 Å². The second kappa shape index (κ2) is 5.79. The van der Waals surface area contributed by atoms with Gasteiger partial charge in [0.1, 0.15) is 0 Å². The molecule has 1 unspecified atom stereocenters. The van der Waals surface area contributed by atoms with Crippen molar-refractivity contribution in [1.29, 1.82) is 0 Å². The Morgan fingerprint density at radius 2 is 1.95 bits per heavy atom. The molecule has 0 aromatic heterocycles. The first kappa shape index (κ1) is 14.1. The number of hydrogen-bond donors (Lipinski definition) is 1. The minimum atomic E-state index is -1.54. The van der Waals surface area contributed by atoms with E-state index in [0.717, 1.165) is 10.5 Å². The summed E-state index contributed by atoms with van der Waals surface area (Å²) in [6.07, 6.45) is 0. The van der Waals surface area contributed by atoms with Gasteiger partial charge in [-0.1, -0.05) is 28.1 Å². The summed E-state index contributed by atoms with van der Waals surface area (Å²) in [5.74, 6) is -2.04. The first-order chi connectivity index (χ1) is 8.99. The highest BCUT2D eigenvalue weighted by Crippen LogP contribution is 2.24. The lowest BCUT2D eigenvalue weighted by Crippen LogP contribution is -2.03. The van der Waals surface area contributed by atoms with Gasteiger partial charge in [-0.25, -0.2) is 8.78 Å². The van der Waals surface area contributed by atoms with Crippen LogP contribution < -0.4 is 5.73 Å². The average Bonchev–Trinajstić information content (AvgIpc) is 2.38. The Balaban J connectivity index is 2.31. The molecule has 0 aliphatic carbocycles. The lowest BCUT2D eigenvalue weighted by molar-refractivity contribution is 0.502. The van der Waals surface area contributed by atoms with Gasteiger partial charge in [0.2, 0.25) is 0 Å². The first-order valence-electron chi connectivity index (χ1n) is 5.35. The molecule has 0 saturated carbocycles. The van der Waals surface area contributed by atoms with Gasteiger partial charge in [0.05, 0.1) is 21.4 Å². The molecule has 0 saturated heterocycles. The molecule has 2 rings (SSSR count). The normalized spacial score (nSPS) is 12.4. The van der Waals surface area contributed by atoms with Gasteiger partial charge in [0, 0.05) is 15.7 Å². The molecule has 0 radical (unpaired) electrons. The van der Waals surface area contributed by atoms with Crippen LogP contribution in [0, 0.1) is 11.6 Å². The van der Waals surface area contributed by atoms with Crippen molar-refractivity contribution in [3.8, 4) is 0 Å². The highest BCUT2D eigenvalue weighted by molar-refractivity contribution is 9.10. The summed E-state index contributed by atoms with van der Waals surface area (Å²) in [6.45, 7) is 0. The molecule has 0 amide bonds. The molecule has 2 nitrogen and oxygen atoms in total. The first-order valence-corrected chi connectivity index (χ1v) is 7.46. The van der Waals surface area contributed by atoms with E-state index in [1.807, 2.05) is 0 Å². The summed E-state index contributed by atoms with van der Waals surface area (Å²) < 4.78 is 39.5. The molecule has 0 heterocycles. The van der Waals surface area contributed by atoms with E-state index in [1.54, 1.807) is 18.2 Å². The van der Waals surface area contributed by atoms with Crippen LogP contribution in [0.15, 0.2) is 45.8 Å². The zero-order valence-electron chi connectivity index (χ0n) is 9.70. The second-order valence-electron chi connectivity index (χ2n) is 3.88. The average molecular weight is 346 g/mol. The molecular weight excluding hydrogens is 336 g/mol. The third-order valence-electron chi connectivity index (χ3n) is 2.54. The molecule has 6 heteroatoms. The van der Waals surface area contributed by atoms with E-state index in [-0.39, 0.29) is 11.3 Å². The largest absolute Gasteiger partial charge is 0.398 e. The van der Waals surface area contributed by atoms with Crippen LogP contribution in [0.4, 0.5) is 14.5 Å². The van der Waals surface area contributed by atoms with E-state index in [4.69, 9.17) is 5.73 Å². The van der Waals surface area contributed by atoms with Gasteiger partial charge in [0.15, 0.2) is 11.6 Å². The Labute approximate surface area is 120 Å². The van der Waals surface area contributed by atoms with Crippen molar-refractivity contribution in [3.05, 3.63) is 58.1 Å². The van der Waals surface area contributed by atoms with Gasteiger partial charge in [-0.15, -0.1) is 0 Å². The summed E-state index contributed by atoms with van der Waals surface area (Å²) in [4.78, 5) is 0.401. The third-order valence-corrected chi connectivity index (χ3v) is 4.45. The number of anilines is 1. The van der Waals surface area contributed by atoms with Gasteiger partial charge in [-0.3, -0.25) is 4.21 Å². The van der Waals surface area contributed by atoms with E-state index < -0.39 is 22.4 Å². The van der Waals surface area contributed by atoms with Gasteiger partial charge in [-0.05, 0) is 24.3 Å². The van der Waals surface area contributed by atoms with Crippen LogP contribution >= 0.6 is 15.9 Å². The summed E-state index contributed by atoms with van der Waals surface area (Å²) in [7, 11) is -1.54. The van der Waals surface area contributed by atoms with Crippen molar-refractivity contribution >= 4 is 32.4 Å². The summed E-state index contributed by atoms with van der Waals surface area (Å²) in [5, 5.41) is 0. The monoisotopic (exact) mass is 345 g/mol. The summed E-state index contributed by atoms with van der Waals surface area (Å²) in [5.41, 5.74) is 6.16. The number of rotatable bonds is 3. The lowest BCUT2D eigenvalue weighted by Gasteiger charge is -2.07. The smallest absolute Gasteiger partial charge is 0.162 e. The predicted molar refractivity (Wildman–Crippen MR) is 75.0 cm³/mol. The maximum absolute atomic E-state index is 13.5. The number of benzene rings is 2. The fourth-order valence-electron chi connectivity index (χ4n) is 1.58. The number of nitrogen functional groups attached to an aromatic ring is 1. The van der Waals surface area contributed by atoms with Crippen LogP contribution in [0.3, 0.4) is 0 Å². The number of halogens is 3. The van der Waals surface area contributed by atoms with Crippen molar-refractivity contribution in [2.45, 2.75) is 10.6 Å². The van der Waals surface area contributed by atoms with Crippen molar-refractivity contribution in [2.24, 2.45) is 0 Å². The number of nitrogens with two attached hydrogens (primary N) is 1. The maximum atomic E-state index is 13.5. The van der Waals surface area contributed by atoms with Crippen LogP contribution in [0.5, 0.6) is 0 Å². The van der Waals surface area contributed by atoms with Crippen molar-refractivity contribution in [2.75, 3.05) is 5.73 Å². The van der Waals surface area contributed by atoms with Gasteiger partial charge in [0.25, 0.3) is 0 Å². The van der Waals surface area contributed by atoms with Gasteiger partial charge in [-0.2, -0.15) is 0 Å². The fourth-order valence-corrected chi connectivity index (χ4v) is 3.35. The van der Waals surface area contributed by atoms with E-state index >= 15 is 0 Å². The lowest BCUT2D eigenvalue weighted by atomic mass is 10.2. The fraction of sp³-hybridized carbons (Fsp3) is 0.0769. The van der Waals surface area contributed by atoms with Crippen LogP contribution in [0.25, 0.3) is 0 Å². The van der Waals surface area contributed by atoms with E-state index in [9.17, 15) is 13.0 Å². The Hall–Kier alpha value is -1.27. The Kier molecular flexibility index (Phi) is 4.31. The van der Waals surface area contributed by atoms with Crippen LogP contribution in [-0.4, -0.2) is 4.21 Å². The zero-order chi connectivity index (χ0) is 14.0. The Bertz CT molecular complexity index is 649. The maximum Gasteiger partial charge on any atom is 0.162 e. The molecule has 100 valence electrons. The molecule has 1 atom stereocenters. The predicted octanol–water partition coefficient (Wildman–Crippen LogP) is 3.62. The highest BCUT2D eigenvalue weighted by atomic mass is 79.9. The minimum absolute atomic E-state index is 0.0673. The molecule has 2 N–H and O–H groups in total. The molecule has 0 bridgehead atoms.